The van der Waals surface area contributed by atoms with Crippen molar-refractivity contribution < 1.29 is 4.74 Å². The Bertz CT molecular complexity index is 604. The molecule has 2 aromatic carbocycles. The first-order valence-corrected chi connectivity index (χ1v) is 6.85. The smallest absolute Gasteiger partial charge is 0.132 e. The van der Waals surface area contributed by atoms with Crippen LogP contribution < -0.4 is 10.5 Å². The van der Waals surface area contributed by atoms with E-state index in [9.17, 15) is 0 Å². The van der Waals surface area contributed by atoms with Crippen molar-refractivity contribution in [3.05, 3.63) is 58.7 Å². The molecule has 0 saturated carbocycles. The third-order valence-electron chi connectivity index (χ3n) is 3.74. The third-order valence-corrected chi connectivity index (χ3v) is 3.74. The second-order valence-electron chi connectivity index (χ2n) is 5.20. The van der Waals surface area contributed by atoms with Crippen molar-refractivity contribution in [3.63, 3.8) is 0 Å². The molecule has 0 atom stereocenters. The van der Waals surface area contributed by atoms with Crippen molar-refractivity contribution in [2.45, 2.75) is 32.7 Å². The largest absolute Gasteiger partial charge is 0.457 e. The summed E-state index contributed by atoms with van der Waals surface area (Å²) in [6.07, 6.45) is 3.63. The monoisotopic (exact) mass is 253 g/mol. The molecule has 0 saturated heterocycles. The van der Waals surface area contributed by atoms with Gasteiger partial charge in [0.1, 0.15) is 11.5 Å². The molecule has 2 aromatic rings. The van der Waals surface area contributed by atoms with Crippen molar-refractivity contribution in [3.8, 4) is 11.5 Å². The lowest BCUT2D eigenvalue weighted by Crippen LogP contribution is -2.00. The summed E-state index contributed by atoms with van der Waals surface area (Å²) in [7, 11) is 0. The standard InChI is InChI=1S/C17H19NO/c1-12-5-6-15(11-18)17(9-12)19-16-8-7-13-3-2-4-14(13)10-16/h5-10H,2-4,11,18H2,1H3. The highest BCUT2D eigenvalue weighted by Crippen LogP contribution is 2.30. The lowest BCUT2D eigenvalue weighted by molar-refractivity contribution is 0.475. The van der Waals surface area contributed by atoms with E-state index in [-0.39, 0.29) is 0 Å². The minimum atomic E-state index is 0.501. The number of rotatable bonds is 3. The maximum Gasteiger partial charge on any atom is 0.132 e. The van der Waals surface area contributed by atoms with Crippen LogP contribution in [0.15, 0.2) is 36.4 Å². The van der Waals surface area contributed by atoms with Gasteiger partial charge < -0.3 is 10.5 Å². The molecule has 0 spiro atoms. The zero-order chi connectivity index (χ0) is 13.2. The van der Waals surface area contributed by atoms with Gasteiger partial charge in [-0.1, -0.05) is 18.2 Å². The predicted molar refractivity (Wildman–Crippen MR) is 77.6 cm³/mol. The van der Waals surface area contributed by atoms with E-state index in [1.165, 1.54) is 36.0 Å². The Hall–Kier alpha value is -1.80. The molecule has 0 fully saturated rings. The van der Waals surface area contributed by atoms with Gasteiger partial charge >= 0.3 is 0 Å². The van der Waals surface area contributed by atoms with E-state index in [0.717, 1.165) is 17.1 Å². The highest BCUT2D eigenvalue weighted by atomic mass is 16.5. The van der Waals surface area contributed by atoms with E-state index < -0.39 is 0 Å². The molecule has 0 heterocycles. The molecule has 2 N–H and O–H groups in total. The lowest BCUT2D eigenvalue weighted by Gasteiger charge is -2.12. The van der Waals surface area contributed by atoms with Crippen molar-refractivity contribution in [1.82, 2.24) is 0 Å². The number of hydrogen-bond acceptors (Lipinski definition) is 2. The molecular weight excluding hydrogens is 234 g/mol. The zero-order valence-electron chi connectivity index (χ0n) is 11.3. The Labute approximate surface area is 114 Å². The molecule has 0 aromatic heterocycles. The van der Waals surface area contributed by atoms with Gasteiger partial charge in [-0.2, -0.15) is 0 Å². The Morgan fingerprint density at radius 3 is 2.74 bits per heavy atom. The second kappa shape index (κ2) is 5.06. The van der Waals surface area contributed by atoms with Crippen molar-refractivity contribution >= 4 is 0 Å². The number of nitrogens with two attached hydrogens (primary N) is 1. The fourth-order valence-electron chi connectivity index (χ4n) is 2.66. The average Bonchev–Trinajstić information content (AvgIpc) is 2.86. The van der Waals surface area contributed by atoms with Crippen LogP contribution in [-0.4, -0.2) is 0 Å². The summed E-state index contributed by atoms with van der Waals surface area (Å²) < 4.78 is 6.03. The van der Waals surface area contributed by atoms with Gasteiger partial charge in [0.15, 0.2) is 0 Å². The van der Waals surface area contributed by atoms with Gasteiger partial charge in [0.25, 0.3) is 0 Å². The molecule has 2 nitrogen and oxygen atoms in total. The van der Waals surface area contributed by atoms with Gasteiger partial charge in [-0.05, 0) is 61.1 Å². The quantitative estimate of drug-likeness (QED) is 0.904. The SMILES string of the molecule is Cc1ccc(CN)c(Oc2ccc3c(c2)CCC3)c1. The van der Waals surface area contributed by atoms with Crippen LogP contribution >= 0.6 is 0 Å². The fraction of sp³-hybridized carbons (Fsp3) is 0.294. The molecular formula is C17H19NO. The van der Waals surface area contributed by atoms with Crippen LogP contribution in [0, 0.1) is 6.92 Å². The van der Waals surface area contributed by atoms with Gasteiger partial charge in [-0.25, -0.2) is 0 Å². The van der Waals surface area contributed by atoms with Gasteiger partial charge in [0, 0.05) is 12.1 Å². The maximum atomic E-state index is 6.03. The van der Waals surface area contributed by atoms with Crippen LogP contribution in [0.2, 0.25) is 0 Å². The summed E-state index contributed by atoms with van der Waals surface area (Å²) >= 11 is 0. The summed E-state index contributed by atoms with van der Waals surface area (Å²) in [6, 6.07) is 12.6. The number of hydrogen-bond donors (Lipinski definition) is 1. The van der Waals surface area contributed by atoms with Crippen molar-refractivity contribution in [2.24, 2.45) is 5.73 Å². The molecule has 0 amide bonds. The van der Waals surface area contributed by atoms with E-state index in [4.69, 9.17) is 10.5 Å². The molecule has 1 aliphatic carbocycles. The first-order valence-electron chi connectivity index (χ1n) is 6.85. The van der Waals surface area contributed by atoms with Crippen LogP contribution in [0.5, 0.6) is 11.5 Å². The van der Waals surface area contributed by atoms with E-state index >= 15 is 0 Å². The summed E-state index contributed by atoms with van der Waals surface area (Å²) in [5.41, 5.74) is 10.9. The topological polar surface area (TPSA) is 35.2 Å². The summed E-state index contributed by atoms with van der Waals surface area (Å²) in [6.45, 7) is 2.57. The minimum Gasteiger partial charge on any atom is -0.457 e. The lowest BCUT2D eigenvalue weighted by atomic mass is 10.1. The zero-order valence-corrected chi connectivity index (χ0v) is 11.3. The third kappa shape index (κ3) is 2.49. The number of aryl methyl sites for hydroxylation is 3. The molecule has 0 aliphatic heterocycles. The average molecular weight is 253 g/mol. The summed E-state index contributed by atoms with van der Waals surface area (Å²) in [4.78, 5) is 0. The van der Waals surface area contributed by atoms with Crippen molar-refractivity contribution in [1.29, 1.82) is 0 Å². The molecule has 0 unspecified atom stereocenters. The Kier molecular flexibility index (Phi) is 3.26. The molecule has 19 heavy (non-hydrogen) atoms. The first kappa shape index (κ1) is 12.2. The van der Waals surface area contributed by atoms with Crippen LogP contribution in [0.3, 0.4) is 0 Å². The van der Waals surface area contributed by atoms with E-state index in [2.05, 4.69) is 37.3 Å². The molecule has 3 rings (SSSR count). The number of fused-ring (bicyclic) bond motifs is 1. The van der Waals surface area contributed by atoms with Crippen molar-refractivity contribution in [2.75, 3.05) is 0 Å². The Balaban J connectivity index is 1.90. The molecule has 0 radical (unpaired) electrons. The molecule has 0 bridgehead atoms. The van der Waals surface area contributed by atoms with Crippen LogP contribution in [0.25, 0.3) is 0 Å². The highest BCUT2D eigenvalue weighted by molar-refractivity contribution is 5.43. The van der Waals surface area contributed by atoms with Crippen LogP contribution in [0.4, 0.5) is 0 Å². The van der Waals surface area contributed by atoms with E-state index in [1.807, 2.05) is 6.07 Å². The molecule has 98 valence electrons. The summed E-state index contributed by atoms with van der Waals surface area (Å²) in [5, 5.41) is 0. The van der Waals surface area contributed by atoms with Crippen LogP contribution in [0.1, 0.15) is 28.7 Å². The first-order chi connectivity index (χ1) is 9.26. The predicted octanol–water partition coefficient (Wildman–Crippen LogP) is 3.73. The van der Waals surface area contributed by atoms with Gasteiger partial charge in [-0.3, -0.25) is 0 Å². The van der Waals surface area contributed by atoms with Gasteiger partial charge in [0.05, 0.1) is 0 Å². The minimum absolute atomic E-state index is 0.501. The Morgan fingerprint density at radius 1 is 1.05 bits per heavy atom. The number of ether oxygens (including phenoxy) is 1. The number of benzene rings is 2. The summed E-state index contributed by atoms with van der Waals surface area (Å²) in [5.74, 6) is 1.79. The van der Waals surface area contributed by atoms with E-state index in [0.29, 0.717) is 6.54 Å². The van der Waals surface area contributed by atoms with Crippen LogP contribution in [-0.2, 0) is 19.4 Å². The van der Waals surface area contributed by atoms with Gasteiger partial charge in [-0.15, -0.1) is 0 Å². The van der Waals surface area contributed by atoms with E-state index in [1.54, 1.807) is 0 Å². The molecule has 1 aliphatic rings. The maximum absolute atomic E-state index is 6.03. The van der Waals surface area contributed by atoms with Gasteiger partial charge in [0.2, 0.25) is 0 Å². The molecule has 2 heteroatoms. The highest BCUT2D eigenvalue weighted by Gasteiger charge is 2.12. The normalized spacial score (nSPS) is 13.4. The fourth-order valence-corrected chi connectivity index (χ4v) is 2.66. The Morgan fingerprint density at radius 2 is 1.89 bits per heavy atom. The second-order valence-corrected chi connectivity index (χ2v) is 5.20.